The zero-order valence-electron chi connectivity index (χ0n) is 17.9. The van der Waals surface area contributed by atoms with Crippen molar-refractivity contribution in [2.45, 2.75) is 71.5 Å². The summed E-state index contributed by atoms with van der Waals surface area (Å²) in [6, 6.07) is 0.557. The molecule has 0 radical (unpaired) electrons. The summed E-state index contributed by atoms with van der Waals surface area (Å²) in [4.78, 5) is 40.7. The molecule has 3 aliphatic heterocycles. The summed E-state index contributed by atoms with van der Waals surface area (Å²) in [5, 5.41) is 0. The van der Waals surface area contributed by atoms with Crippen LogP contribution in [0.1, 0.15) is 69.6 Å². The molecule has 4 heterocycles. The zero-order valence-corrected chi connectivity index (χ0v) is 17.9. The highest BCUT2D eigenvalue weighted by atomic mass is 16.2. The van der Waals surface area contributed by atoms with Crippen LogP contribution in [0.2, 0.25) is 0 Å². The summed E-state index contributed by atoms with van der Waals surface area (Å²) >= 11 is 0. The molecule has 7 heteroatoms. The molecule has 3 aliphatic rings. The Kier molecular flexibility index (Phi) is 5.86. The van der Waals surface area contributed by atoms with Crippen LogP contribution in [0.4, 0.5) is 0 Å². The summed E-state index contributed by atoms with van der Waals surface area (Å²) < 4.78 is 0. The molecule has 2 saturated heterocycles. The number of nitrogens with zero attached hydrogens (tertiary/aromatic N) is 5. The number of rotatable bonds is 3. The SMILES string of the molecule is CC(=O)N1CCC[C@@H]1c1ncc2c(n1)CCN(C(=O)C1CCN(C(C)C)CC1)C2. The van der Waals surface area contributed by atoms with Crippen molar-refractivity contribution < 1.29 is 9.59 Å². The lowest BCUT2D eigenvalue weighted by Crippen LogP contribution is -2.45. The average molecular weight is 400 g/mol. The molecule has 0 aliphatic carbocycles. The van der Waals surface area contributed by atoms with Crippen molar-refractivity contribution >= 4 is 11.8 Å². The van der Waals surface area contributed by atoms with Crippen molar-refractivity contribution in [1.29, 1.82) is 0 Å². The monoisotopic (exact) mass is 399 g/mol. The van der Waals surface area contributed by atoms with Gasteiger partial charge in [-0.05, 0) is 52.6 Å². The van der Waals surface area contributed by atoms with Crippen LogP contribution < -0.4 is 0 Å². The number of piperidine rings is 1. The van der Waals surface area contributed by atoms with Crippen LogP contribution in [0.15, 0.2) is 6.20 Å². The van der Waals surface area contributed by atoms with Crippen molar-refractivity contribution in [3.63, 3.8) is 0 Å². The Bertz CT molecular complexity index is 772. The van der Waals surface area contributed by atoms with E-state index in [1.807, 2.05) is 16.0 Å². The van der Waals surface area contributed by atoms with Gasteiger partial charge in [-0.15, -0.1) is 0 Å². The molecule has 7 nitrogen and oxygen atoms in total. The molecule has 4 rings (SSSR count). The summed E-state index contributed by atoms with van der Waals surface area (Å²) in [6.45, 7) is 10.2. The molecule has 0 spiro atoms. The Balaban J connectivity index is 1.40. The molecule has 0 aromatic carbocycles. The third kappa shape index (κ3) is 4.15. The van der Waals surface area contributed by atoms with Crippen molar-refractivity contribution in [3.05, 3.63) is 23.3 Å². The van der Waals surface area contributed by atoms with Gasteiger partial charge in [-0.3, -0.25) is 9.59 Å². The minimum absolute atomic E-state index is 0.00334. The molecule has 0 bridgehead atoms. The maximum absolute atomic E-state index is 13.1. The van der Waals surface area contributed by atoms with Crippen LogP contribution in [0.5, 0.6) is 0 Å². The lowest BCUT2D eigenvalue weighted by molar-refractivity contribution is -0.138. The normalized spacial score (nSPS) is 23.5. The number of amides is 2. The van der Waals surface area contributed by atoms with E-state index in [1.165, 1.54) is 0 Å². The fraction of sp³-hybridized carbons (Fsp3) is 0.727. The number of carbonyl (C=O) groups excluding carboxylic acids is 2. The molecular formula is C22H33N5O2. The Morgan fingerprint density at radius 2 is 1.86 bits per heavy atom. The summed E-state index contributed by atoms with van der Waals surface area (Å²) in [6.07, 6.45) is 6.50. The maximum Gasteiger partial charge on any atom is 0.226 e. The predicted molar refractivity (Wildman–Crippen MR) is 110 cm³/mol. The highest BCUT2D eigenvalue weighted by Gasteiger charge is 2.33. The van der Waals surface area contributed by atoms with Gasteiger partial charge in [0.1, 0.15) is 0 Å². The van der Waals surface area contributed by atoms with Crippen LogP contribution in [0.3, 0.4) is 0 Å². The largest absolute Gasteiger partial charge is 0.338 e. The number of hydrogen-bond acceptors (Lipinski definition) is 5. The van der Waals surface area contributed by atoms with Gasteiger partial charge in [0.2, 0.25) is 11.8 Å². The number of aromatic nitrogens is 2. The number of hydrogen-bond donors (Lipinski definition) is 0. The summed E-state index contributed by atoms with van der Waals surface area (Å²) in [5.41, 5.74) is 2.10. The van der Waals surface area contributed by atoms with Crippen molar-refractivity contribution in [2.24, 2.45) is 5.92 Å². The smallest absolute Gasteiger partial charge is 0.226 e. The number of fused-ring (bicyclic) bond motifs is 1. The van der Waals surface area contributed by atoms with Crippen molar-refractivity contribution in [3.8, 4) is 0 Å². The topological polar surface area (TPSA) is 69.6 Å². The average Bonchev–Trinajstić information content (AvgIpc) is 3.23. The van der Waals surface area contributed by atoms with Gasteiger partial charge in [-0.25, -0.2) is 9.97 Å². The third-order valence-electron chi connectivity index (χ3n) is 6.83. The van der Waals surface area contributed by atoms with Gasteiger partial charge in [0.15, 0.2) is 5.82 Å². The van der Waals surface area contributed by atoms with Gasteiger partial charge in [-0.1, -0.05) is 0 Å². The Morgan fingerprint density at radius 1 is 1.10 bits per heavy atom. The molecule has 158 valence electrons. The fourth-order valence-corrected chi connectivity index (χ4v) is 5.01. The Hall–Kier alpha value is -2.02. The molecule has 1 aromatic heterocycles. The van der Waals surface area contributed by atoms with Crippen LogP contribution in [0.25, 0.3) is 0 Å². The highest BCUT2D eigenvalue weighted by molar-refractivity contribution is 5.79. The van der Waals surface area contributed by atoms with Gasteiger partial charge in [0, 0.05) is 56.7 Å². The van der Waals surface area contributed by atoms with E-state index < -0.39 is 0 Å². The first kappa shape index (κ1) is 20.3. The molecule has 1 aromatic rings. The fourth-order valence-electron chi connectivity index (χ4n) is 5.01. The molecule has 2 amide bonds. The van der Waals surface area contributed by atoms with E-state index in [-0.39, 0.29) is 17.9 Å². The standard InChI is InChI=1S/C22H33N5O2/c1-15(2)25-10-6-17(7-11-25)22(29)26-12-8-19-18(14-26)13-23-21(24-19)20-5-4-9-27(20)16(3)28/h13,15,17,20H,4-12,14H2,1-3H3/t20-/m1/s1. The molecule has 0 N–H and O–H groups in total. The molecule has 0 saturated carbocycles. The van der Waals surface area contributed by atoms with E-state index in [4.69, 9.17) is 4.98 Å². The lowest BCUT2D eigenvalue weighted by Gasteiger charge is -2.37. The second kappa shape index (κ2) is 8.38. The second-order valence-corrected chi connectivity index (χ2v) is 8.98. The summed E-state index contributed by atoms with van der Waals surface area (Å²) in [5.74, 6) is 1.29. The molecule has 29 heavy (non-hydrogen) atoms. The number of likely N-dealkylation sites (tertiary alicyclic amines) is 2. The van der Waals surface area contributed by atoms with Crippen molar-refractivity contribution in [1.82, 2.24) is 24.7 Å². The minimum atomic E-state index is 0.00334. The van der Waals surface area contributed by atoms with E-state index in [0.29, 0.717) is 18.5 Å². The maximum atomic E-state index is 13.1. The molecule has 0 unspecified atom stereocenters. The molecular weight excluding hydrogens is 366 g/mol. The molecule has 1 atom stereocenters. The van der Waals surface area contributed by atoms with Gasteiger partial charge < -0.3 is 14.7 Å². The minimum Gasteiger partial charge on any atom is -0.338 e. The van der Waals surface area contributed by atoms with E-state index in [9.17, 15) is 9.59 Å². The number of carbonyl (C=O) groups is 2. The second-order valence-electron chi connectivity index (χ2n) is 8.98. The lowest BCUT2D eigenvalue weighted by atomic mass is 9.93. The Morgan fingerprint density at radius 3 is 2.55 bits per heavy atom. The quantitative estimate of drug-likeness (QED) is 0.779. The van der Waals surface area contributed by atoms with E-state index in [1.54, 1.807) is 6.92 Å². The highest BCUT2D eigenvalue weighted by Crippen LogP contribution is 2.31. The zero-order chi connectivity index (χ0) is 20.5. The first-order valence-electron chi connectivity index (χ1n) is 11.1. The summed E-state index contributed by atoms with van der Waals surface area (Å²) in [7, 11) is 0. The van der Waals surface area contributed by atoms with E-state index in [2.05, 4.69) is 23.7 Å². The predicted octanol–water partition coefficient (Wildman–Crippen LogP) is 2.17. The van der Waals surface area contributed by atoms with Crippen LogP contribution in [0, 0.1) is 5.92 Å². The molecule has 2 fully saturated rings. The van der Waals surface area contributed by atoms with Gasteiger partial charge >= 0.3 is 0 Å². The van der Waals surface area contributed by atoms with Gasteiger partial charge in [0.25, 0.3) is 0 Å². The third-order valence-corrected chi connectivity index (χ3v) is 6.83. The van der Waals surface area contributed by atoms with E-state index in [0.717, 1.165) is 75.4 Å². The van der Waals surface area contributed by atoms with Crippen molar-refractivity contribution in [2.75, 3.05) is 26.2 Å². The van der Waals surface area contributed by atoms with Gasteiger partial charge in [0.05, 0.1) is 11.7 Å². The van der Waals surface area contributed by atoms with Crippen LogP contribution in [-0.2, 0) is 22.6 Å². The first-order valence-corrected chi connectivity index (χ1v) is 11.1. The first-order chi connectivity index (χ1) is 13.9. The van der Waals surface area contributed by atoms with E-state index >= 15 is 0 Å². The van der Waals surface area contributed by atoms with Crippen LogP contribution >= 0.6 is 0 Å². The van der Waals surface area contributed by atoms with Crippen LogP contribution in [-0.4, -0.2) is 68.7 Å². The van der Waals surface area contributed by atoms with Gasteiger partial charge in [-0.2, -0.15) is 0 Å². The Labute approximate surface area is 173 Å².